The minimum atomic E-state index is -0.283. The molecule has 0 bridgehead atoms. The predicted molar refractivity (Wildman–Crippen MR) is 89.8 cm³/mol. The first-order chi connectivity index (χ1) is 11.7. The minimum Gasteiger partial charge on any atom is -0.449 e. The quantitative estimate of drug-likeness (QED) is 0.872. The number of imidazole rings is 1. The lowest BCUT2D eigenvalue weighted by atomic mass is 10.1. The Labute approximate surface area is 140 Å². The number of ether oxygens (including phenoxy) is 1. The van der Waals surface area contributed by atoms with Crippen molar-refractivity contribution in [3.63, 3.8) is 0 Å². The lowest BCUT2D eigenvalue weighted by Gasteiger charge is -2.34. The van der Waals surface area contributed by atoms with Crippen LogP contribution in [0.3, 0.4) is 0 Å². The molecule has 1 aromatic heterocycles. The number of amides is 2. The van der Waals surface area contributed by atoms with Gasteiger partial charge in [0.15, 0.2) is 0 Å². The summed E-state index contributed by atoms with van der Waals surface area (Å²) in [6, 6.07) is 5.44. The number of carbonyl (C=O) groups is 2. The number of unbranched alkanes of at least 4 members (excludes halogenated alkanes) is 1. The summed E-state index contributed by atoms with van der Waals surface area (Å²) in [6.45, 7) is 4.55. The second-order valence-corrected chi connectivity index (χ2v) is 5.88. The zero-order valence-corrected chi connectivity index (χ0v) is 13.8. The smallest absolute Gasteiger partial charge is 0.409 e. The summed E-state index contributed by atoms with van der Waals surface area (Å²) in [5.74, 6) is -0.0227. The molecule has 0 unspecified atom stereocenters. The first-order valence-corrected chi connectivity index (χ1v) is 8.33. The van der Waals surface area contributed by atoms with Gasteiger partial charge in [0, 0.05) is 31.7 Å². The average molecular weight is 330 g/mol. The molecule has 1 saturated heterocycles. The largest absolute Gasteiger partial charge is 0.449 e. The van der Waals surface area contributed by atoms with Crippen molar-refractivity contribution < 1.29 is 14.3 Å². The maximum Gasteiger partial charge on any atom is 0.409 e. The molecule has 0 spiro atoms. The van der Waals surface area contributed by atoms with Crippen LogP contribution in [-0.4, -0.2) is 64.6 Å². The number of aromatic nitrogens is 2. The number of fused-ring (bicyclic) bond motifs is 1. The molecule has 7 heteroatoms. The fraction of sp³-hybridized carbons (Fsp3) is 0.471. The molecular weight excluding hydrogens is 308 g/mol. The van der Waals surface area contributed by atoms with Crippen LogP contribution in [0.4, 0.5) is 4.79 Å². The van der Waals surface area contributed by atoms with Gasteiger partial charge < -0.3 is 19.5 Å². The zero-order valence-electron chi connectivity index (χ0n) is 13.8. The lowest BCUT2D eigenvalue weighted by Crippen LogP contribution is -2.50. The highest BCUT2D eigenvalue weighted by atomic mass is 16.6. The van der Waals surface area contributed by atoms with Crippen molar-refractivity contribution in [2.75, 3.05) is 32.8 Å². The van der Waals surface area contributed by atoms with Gasteiger partial charge >= 0.3 is 6.09 Å². The molecule has 1 aliphatic rings. The highest BCUT2D eigenvalue weighted by Crippen LogP contribution is 2.15. The van der Waals surface area contributed by atoms with E-state index >= 15 is 0 Å². The second-order valence-electron chi connectivity index (χ2n) is 5.88. The van der Waals surface area contributed by atoms with Gasteiger partial charge in [0.2, 0.25) is 0 Å². The molecule has 1 N–H and O–H groups in total. The molecule has 24 heavy (non-hydrogen) atoms. The Morgan fingerprint density at radius 1 is 1.21 bits per heavy atom. The van der Waals surface area contributed by atoms with Gasteiger partial charge in [-0.2, -0.15) is 0 Å². The number of nitrogens with zero attached hydrogens (tertiary/aromatic N) is 3. The molecule has 0 radical (unpaired) electrons. The number of benzene rings is 1. The van der Waals surface area contributed by atoms with Gasteiger partial charge in [0.1, 0.15) is 0 Å². The molecule has 0 saturated carbocycles. The number of aromatic amines is 1. The predicted octanol–water partition coefficient (Wildman–Crippen LogP) is 2.26. The average Bonchev–Trinajstić information content (AvgIpc) is 3.09. The van der Waals surface area contributed by atoms with E-state index in [1.165, 1.54) is 0 Å². The molecule has 3 rings (SSSR count). The van der Waals surface area contributed by atoms with E-state index in [-0.39, 0.29) is 12.0 Å². The Morgan fingerprint density at radius 3 is 2.71 bits per heavy atom. The van der Waals surface area contributed by atoms with Crippen molar-refractivity contribution in [2.24, 2.45) is 0 Å². The van der Waals surface area contributed by atoms with Crippen LogP contribution in [0.1, 0.15) is 30.1 Å². The molecule has 2 amide bonds. The Kier molecular flexibility index (Phi) is 4.98. The summed E-state index contributed by atoms with van der Waals surface area (Å²) in [7, 11) is 0. The molecule has 0 aliphatic carbocycles. The summed E-state index contributed by atoms with van der Waals surface area (Å²) in [6.07, 6.45) is 3.20. The van der Waals surface area contributed by atoms with Crippen molar-refractivity contribution >= 4 is 23.0 Å². The molecule has 128 valence electrons. The number of hydrogen-bond acceptors (Lipinski definition) is 4. The zero-order chi connectivity index (χ0) is 16.9. The topological polar surface area (TPSA) is 78.5 Å². The van der Waals surface area contributed by atoms with Crippen LogP contribution >= 0.6 is 0 Å². The van der Waals surface area contributed by atoms with Gasteiger partial charge in [0.25, 0.3) is 5.91 Å². The number of nitrogens with one attached hydrogen (secondary N) is 1. The maximum atomic E-state index is 12.6. The van der Waals surface area contributed by atoms with E-state index in [1.54, 1.807) is 22.2 Å². The minimum absolute atomic E-state index is 0.0227. The van der Waals surface area contributed by atoms with Crippen LogP contribution in [0.25, 0.3) is 11.0 Å². The highest BCUT2D eigenvalue weighted by molar-refractivity contribution is 5.97. The lowest BCUT2D eigenvalue weighted by molar-refractivity contribution is 0.0558. The van der Waals surface area contributed by atoms with Crippen LogP contribution in [0.2, 0.25) is 0 Å². The molecule has 1 fully saturated rings. The number of H-pyrrole nitrogens is 1. The Bertz CT molecular complexity index is 719. The van der Waals surface area contributed by atoms with Gasteiger partial charge in [-0.15, -0.1) is 0 Å². The number of carbonyl (C=O) groups excluding carboxylic acids is 2. The SMILES string of the molecule is CCCCOC(=O)N1CCN(C(=O)c2ccc3nc[nH]c3c2)CC1. The van der Waals surface area contributed by atoms with Crippen LogP contribution in [0, 0.1) is 0 Å². The third kappa shape index (κ3) is 3.50. The van der Waals surface area contributed by atoms with Crippen LogP contribution in [-0.2, 0) is 4.74 Å². The van der Waals surface area contributed by atoms with Crippen molar-refractivity contribution in [3.8, 4) is 0 Å². The van der Waals surface area contributed by atoms with E-state index in [2.05, 4.69) is 16.9 Å². The van der Waals surface area contributed by atoms with Crippen molar-refractivity contribution in [1.29, 1.82) is 0 Å². The monoisotopic (exact) mass is 330 g/mol. The highest BCUT2D eigenvalue weighted by Gasteiger charge is 2.25. The summed E-state index contributed by atoms with van der Waals surface area (Å²) in [4.78, 5) is 35.1. The first-order valence-electron chi connectivity index (χ1n) is 8.33. The Morgan fingerprint density at radius 2 is 1.96 bits per heavy atom. The Balaban J connectivity index is 1.55. The van der Waals surface area contributed by atoms with E-state index in [9.17, 15) is 9.59 Å². The third-order valence-electron chi connectivity index (χ3n) is 4.22. The second kappa shape index (κ2) is 7.33. The van der Waals surface area contributed by atoms with E-state index in [1.807, 2.05) is 12.1 Å². The summed E-state index contributed by atoms with van der Waals surface area (Å²) in [5.41, 5.74) is 2.32. The van der Waals surface area contributed by atoms with Crippen molar-refractivity contribution in [2.45, 2.75) is 19.8 Å². The van der Waals surface area contributed by atoms with E-state index in [4.69, 9.17) is 4.74 Å². The molecule has 1 aromatic carbocycles. The molecule has 7 nitrogen and oxygen atoms in total. The maximum absolute atomic E-state index is 12.6. The van der Waals surface area contributed by atoms with Gasteiger partial charge in [-0.3, -0.25) is 4.79 Å². The fourth-order valence-corrected chi connectivity index (χ4v) is 2.74. The van der Waals surface area contributed by atoms with Gasteiger partial charge in [0.05, 0.1) is 24.0 Å². The summed E-state index contributed by atoms with van der Waals surface area (Å²) >= 11 is 0. The van der Waals surface area contributed by atoms with Crippen LogP contribution in [0.5, 0.6) is 0 Å². The first kappa shape index (κ1) is 16.3. The van der Waals surface area contributed by atoms with Crippen LogP contribution < -0.4 is 0 Å². The van der Waals surface area contributed by atoms with Crippen LogP contribution in [0.15, 0.2) is 24.5 Å². The van der Waals surface area contributed by atoms with Gasteiger partial charge in [-0.1, -0.05) is 13.3 Å². The standard InChI is InChI=1S/C17H22N4O3/c1-2-3-10-24-17(23)21-8-6-20(7-9-21)16(22)13-4-5-14-15(11-13)19-12-18-14/h4-5,11-12H,2-3,6-10H2,1H3,(H,18,19). The van der Waals surface area contributed by atoms with E-state index < -0.39 is 0 Å². The van der Waals surface area contributed by atoms with E-state index in [0.29, 0.717) is 38.3 Å². The molecular formula is C17H22N4O3. The number of hydrogen-bond donors (Lipinski definition) is 1. The van der Waals surface area contributed by atoms with Gasteiger partial charge in [-0.05, 0) is 24.6 Å². The molecule has 1 aliphatic heterocycles. The molecule has 2 aromatic rings. The normalized spacial score (nSPS) is 14.9. The summed E-state index contributed by atoms with van der Waals surface area (Å²) in [5, 5.41) is 0. The molecule has 0 atom stereocenters. The third-order valence-corrected chi connectivity index (χ3v) is 4.22. The fourth-order valence-electron chi connectivity index (χ4n) is 2.74. The van der Waals surface area contributed by atoms with Crippen molar-refractivity contribution in [1.82, 2.24) is 19.8 Å². The number of rotatable bonds is 4. The van der Waals surface area contributed by atoms with E-state index in [0.717, 1.165) is 23.9 Å². The summed E-state index contributed by atoms with van der Waals surface area (Å²) < 4.78 is 5.21. The van der Waals surface area contributed by atoms with Gasteiger partial charge in [-0.25, -0.2) is 9.78 Å². The Hall–Kier alpha value is -2.57. The van der Waals surface area contributed by atoms with Crippen molar-refractivity contribution in [3.05, 3.63) is 30.1 Å². The molecule has 2 heterocycles. The number of piperazine rings is 1.